The fourth-order valence-electron chi connectivity index (χ4n) is 7.27. The summed E-state index contributed by atoms with van der Waals surface area (Å²) in [6, 6.07) is -9.81. The number of rotatable bonds is 24. The SMILES string of the molecule is C/C=C1\NC(=O)C(NC(=O)CCCCC/C=C/CCCCCC)C(O)CNC(=O)C(C(O)CN)NC(=O)[C@H](C(O)CN)NC(=O)[C@H](CCCN=C(N)N)NC(=O)[C@H](CC(C)C)NC(=O)[C@H](CCN)NC1=O. The molecule has 1 aliphatic heterocycles. The number of nitrogens with two attached hydrogens (primary N) is 5. The van der Waals surface area contributed by atoms with E-state index < -0.39 is 127 Å². The Morgan fingerprint density at radius 3 is 1.83 bits per heavy atom. The molecule has 0 bridgehead atoms. The van der Waals surface area contributed by atoms with Gasteiger partial charge in [0.05, 0.1) is 12.2 Å². The van der Waals surface area contributed by atoms with Gasteiger partial charge in [0.25, 0.3) is 5.91 Å². The Kier molecular flexibility index (Phi) is 31.5. The molecule has 71 heavy (non-hydrogen) atoms. The van der Waals surface area contributed by atoms with E-state index in [1.807, 2.05) is 0 Å². The zero-order chi connectivity index (χ0) is 53.5. The molecule has 0 aliphatic carbocycles. The van der Waals surface area contributed by atoms with Crippen LogP contribution < -0.4 is 71.2 Å². The summed E-state index contributed by atoms with van der Waals surface area (Å²) in [4.78, 5) is 114. The summed E-state index contributed by atoms with van der Waals surface area (Å²) in [6.07, 6.45) is 8.13. The molecule has 404 valence electrons. The van der Waals surface area contributed by atoms with Crippen molar-refractivity contribution < 1.29 is 53.7 Å². The number of aliphatic imine (C=N–C) groups is 1. The predicted octanol–water partition coefficient (Wildman–Crippen LogP) is -4.03. The van der Waals surface area contributed by atoms with Crippen LogP contribution in [-0.4, -0.2) is 156 Å². The van der Waals surface area contributed by atoms with Gasteiger partial charge in [0.15, 0.2) is 5.96 Å². The molecule has 21 N–H and O–H groups in total. The van der Waals surface area contributed by atoms with Gasteiger partial charge in [-0.2, -0.15) is 0 Å². The molecular weight excluding hydrogens is 925 g/mol. The van der Waals surface area contributed by atoms with E-state index in [-0.39, 0.29) is 57.1 Å². The van der Waals surface area contributed by atoms with E-state index in [2.05, 4.69) is 66.6 Å². The molecule has 25 heteroatoms. The number of hydrogen-bond acceptors (Lipinski definition) is 15. The van der Waals surface area contributed by atoms with Crippen LogP contribution in [0.1, 0.15) is 118 Å². The second-order valence-electron chi connectivity index (χ2n) is 17.9. The summed E-state index contributed by atoms with van der Waals surface area (Å²) in [5.74, 6) is -8.32. The average molecular weight is 1010 g/mol. The van der Waals surface area contributed by atoms with Gasteiger partial charge in [0.1, 0.15) is 48.1 Å². The van der Waals surface area contributed by atoms with Crippen LogP contribution in [0.25, 0.3) is 0 Å². The molecule has 0 radical (unpaired) electrons. The minimum absolute atomic E-state index is 0.00575. The van der Waals surface area contributed by atoms with Gasteiger partial charge in [-0.1, -0.05) is 64.7 Å². The Morgan fingerprint density at radius 1 is 0.718 bits per heavy atom. The summed E-state index contributed by atoms with van der Waals surface area (Å²) in [5.41, 5.74) is 27.7. The van der Waals surface area contributed by atoms with Crippen molar-refractivity contribution in [3.05, 3.63) is 23.9 Å². The molecule has 1 rings (SSSR count). The number of allylic oxidation sites excluding steroid dienone is 3. The molecular formula is C46H84N14O11. The van der Waals surface area contributed by atoms with E-state index in [1.165, 1.54) is 25.8 Å². The Labute approximate surface area is 416 Å². The van der Waals surface area contributed by atoms with Gasteiger partial charge in [0.2, 0.25) is 41.4 Å². The van der Waals surface area contributed by atoms with Crippen molar-refractivity contribution >= 4 is 53.2 Å². The van der Waals surface area contributed by atoms with Crippen LogP contribution in [0.4, 0.5) is 0 Å². The number of unbranched alkanes of at least 4 members (excludes halogenated alkanes) is 7. The van der Waals surface area contributed by atoms with E-state index >= 15 is 0 Å². The van der Waals surface area contributed by atoms with Gasteiger partial charge in [-0.15, -0.1) is 0 Å². The van der Waals surface area contributed by atoms with Crippen molar-refractivity contribution in [2.24, 2.45) is 39.6 Å². The Hall–Kier alpha value is -5.73. The molecule has 1 fully saturated rings. The first-order valence-corrected chi connectivity index (χ1v) is 24.7. The van der Waals surface area contributed by atoms with Crippen molar-refractivity contribution in [3.63, 3.8) is 0 Å². The number of carbonyl (C=O) groups excluding carboxylic acids is 8. The van der Waals surface area contributed by atoms with E-state index in [0.29, 0.717) is 12.8 Å². The average Bonchev–Trinajstić information content (AvgIpc) is 3.33. The second-order valence-corrected chi connectivity index (χ2v) is 17.9. The van der Waals surface area contributed by atoms with Crippen molar-refractivity contribution in [1.82, 2.24) is 42.5 Å². The zero-order valence-corrected chi connectivity index (χ0v) is 41.9. The zero-order valence-electron chi connectivity index (χ0n) is 41.9. The number of aliphatic hydroxyl groups is 3. The lowest BCUT2D eigenvalue weighted by Crippen LogP contribution is -2.64. The maximum absolute atomic E-state index is 14.0. The third-order valence-electron chi connectivity index (χ3n) is 11.3. The highest BCUT2D eigenvalue weighted by Crippen LogP contribution is 2.11. The van der Waals surface area contributed by atoms with Crippen LogP contribution in [0.3, 0.4) is 0 Å². The summed E-state index contributed by atoms with van der Waals surface area (Å²) in [5, 5.41) is 52.6. The lowest BCUT2D eigenvalue weighted by atomic mass is 10.0. The first-order chi connectivity index (χ1) is 33.7. The third kappa shape index (κ3) is 24.8. The lowest BCUT2D eigenvalue weighted by molar-refractivity contribution is -0.138. The van der Waals surface area contributed by atoms with Crippen LogP contribution in [0.5, 0.6) is 0 Å². The van der Waals surface area contributed by atoms with Crippen LogP contribution >= 0.6 is 0 Å². The summed E-state index contributed by atoms with van der Waals surface area (Å²) >= 11 is 0. The molecule has 25 nitrogen and oxygen atoms in total. The molecule has 1 saturated heterocycles. The molecule has 0 aromatic rings. The van der Waals surface area contributed by atoms with Crippen LogP contribution in [-0.2, 0) is 38.4 Å². The van der Waals surface area contributed by atoms with Crippen LogP contribution in [0, 0.1) is 5.92 Å². The number of aliphatic hydroxyl groups excluding tert-OH is 3. The number of amides is 8. The largest absolute Gasteiger partial charge is 0.389 e. The van der Waals surface area contributed by atoms with Gasteiger partial charge in [-0.05, 0) is 77.2 Å². The summed E-state index contributed by atoms with van der Waals surface area (Å²) in [6.45, 7) is 4.97. The molecule has 9 atom stereocenters. The van der Waals surface area contributed by atoms with Gasteiger partial charge in [-0.3, -0.25) is 43.3 Å². The minimum Gasteiger partial charge on any atom is -0.389 e. The molecule has 1 heterocycles. The maximum Gasteiger partial charge on any atom is 0.268 e. The normalized spacial score (nSPS) is 24.2. The van der Waals surface area contributed by atoms with E-state index in [0.717, 1.165) is 32.1 Å². The first-order valence-electron chi connectivity index (χ1n) is 24.7. The van der Waals surface area contributed by atoms with Crippen LogP contribution in [0.15, 0.2) is 28.9 Å². The monoisotopic (exact) mass is 1010 g/mol. The number of β-amino-alcohol motifs (C(OH)–C–C–N with tert-alkyl or cyclic N) is 1. The van der Waals surface area contributed by atoms with E-state index in [4.69, 9.17) is 28.7 Å². The highest BCUT2D eigenvalue weighted by Gasteiger charge is 2.38. The topological polar surface area (TPSA) is 436 Å². The molecule has 1 aliphatic rings. The molecule has 0 aromatic heterocycles. The summed E-state index contributed by atoms with van der Waals surface area (Å²) < 4.78 is 0. The van der Waals surface area contributed by atoms with Gasteiger partial charge in [-0.25, -0.2) is 0 Å². The first kappa shape index (κ1) is 63.3. The maximum atomic E-state index is 14.0. The Balaban J connectivity index is 3.73. The van der Waals surface area contributed by atoms with E-state index in [1.54, 1.807) is 13.8 Å². The highest BCUT2D eigenvalue weighted by molar-refractivity contribution is 6.02. The fourth-order valence-corrected chi connectivity index (χ4v) is 7.27. The van der Waals surface area contributed by atoms with Crippen molar-refractivity contribution in [2.75, 3.05) is 32.7 Å². The minimum atomic E-state index is -1.91. The lowest BCUT2D eigenvalue weighted by Gasteiger charge is -2.30. The van der Waals surface area contributed by atoms with E-state index in [9.17, 15) is 53.7 Å². The second kappa shape index (κ2) is 35.4. The van der Waals surface area contributed by atoms with Gasteiger partial charge < -0.3 is 86.5 Å². The van der Waals surface area contributed by atoms with Gasteiger partial charge in [0, 0.05) is 32.6 Å². The number of nitrogens with zero attached hydrogens (tertiary/aromatic N) is 1. The smallest absolute Gasteiger partial charge is 0.268 e. The number of hydrogen-bond donors (Lipinski definition) is 16. The highest BCUT2D eigenvalue weighted by atomic mass is 16.3. The number of nitrogens with one attached hydrogen (secondary N) is 8. The molecule has 0 spiro atoms. The fraction of sp³-hybridized carbons (Fsp3) is 0.717. The molecule has 8 amide bonds. The van der Waals surface area contributed by atoms with Crippen molar-refractivity contribution in [2.45, 2.75) is 172 Å². The number of guanidine groups is 1. The van der Waals surface area contributed by atoms with Crippen LogP contribution in [0.2, 0.25) is 0 Å². The standard InChI is InChI=1S/C46H84N14O11/c1-5-7-8-9-10-11-12-13-14-15-16-19-35(64)58-38-34(63)26-53-43(69)36(32(61)24-48)60-45(71)37(33(62)25-49)59-41(67)29(18-17-22-52-46(50)51)55-42(68)31(23-27(3)4)57-40(66)30(20-21-47)56-39(65)28(6-2)54-44(38)70/h6,11-12,27,29-34,36-38,61-63H,5,7-10,13-26,47-49H2,1-4H3,(H,53,69)(H,54,70)(H,55,68)(H,56,65)(H,57,66)(H,58,64)(H,59,67)(H,60,71)(H4,50,51,52)/b12-11+,28-6-/t29-,30-,31-,32?,33?,34?,36?,37-,38?/m0/s1. The number of carbonyl (C=O) groups is 8. The van der Waals surface area contributed by atoms with Gasteiger partial charge >= 0.3 is 0 Å². The Bertz CT molecular complexity index is 1800. The van der Waals surface area contributed by atoms with Crippen molar-refractivity contribution in [1.29, 1.82) is 0 Å². The quantitative estimate of drug-likeness (QED) is 0.0144. The summed E-state index contributed by atoms with van der Waals surface area (Å²) in [7, 11) is 0. The van der Waals surface area contributed by atoms with Crippen molar-refractivity contribution in [3.8, 4) is 0 Å². The molecule has 0 saturated carbocycles. The molecule has 5 unspecified atom stereocenters. The predicted molar refractivity (Wildman–Crippen MR) is 267 cm³/mol. The Morgan fingerprint density at radius 2 is 1.27 bits per heavy atom. The third-order valence-corrected chi connectivity index (χ3v) is 11.3. The molecule has 0 aromatic carbocycles.